The largest absolute Gasteiger partial charge is 0.362 e. The fraction of sp³-hybridized carbons (Fsp3) is 0.600. The predicted molar refractivity (Wildman–Crippen MR) is 79.5 cm³/mol. The molecule has 0 spiro atoms. The van der Waals surface area contributed by atoms with Crippen LogP contribution in [0.25, 0.3) is 0 Å². The van der Waals surface area contributed by atoms with Crippen molar-refractivity contribution in [1.82, 2.24) is 5.32 Å². The number of rotatable bonds is 3. The summed E-state index contributed by atoms with van der Waals surface area (Å²) in [5, 5.41) is 4.03. The van der Waals surface area contributed by atoms with E-state index in [2.05, 4.69) is 31.0 Å². The first-order valence-electron chi connectivity index (χ1n) is 6.98. The van der Waals surface area contributed by atoms with E-state index in [-0.39, 0.29) is 11.9 Å². The summed E-state index contributed by atoms with van der Waals surface area (Å²) in [6, 6.07) is 5.58. The molecule has 2 rings (SSSR count). The van der Waals surface area contributed by atoms with Crippen LogP contribution in [0.2, 0.25) is 5.02 Å². The van der Waals surface area contributed by atoms with Crippen molar-refractivity contribution in [2.75, 3.05) is 18.0 Å². The molecular weight excluding hydrogens is 263 g/mol. The van der Waals surface area contributed by atoms with E-state index < -0.39 is 0 Å². The second-order valence-electron chi connectivity index (χ2n) is 5.55. The molecule has 0 radical (unpaired) electrons. The molecular formula is C15H22ClFN2. The van der Waals surface area contributed by atoms with Crippen LogP contribution in [0.15, 0.2) is 18.2 Å². The molecule has 2 nitrogen and oxygen atoms in total. The number of anilines is 1. The van der Waals surface area contributed by atoms with Gasteiger partial charge in [-0.2, -0.15) is 0 Å². The van der Waals surface area contributed by atoms with E-state index in [1.807, 2.05) is 0 Å². The quantitative estimate of drug-likeness (QED) is 0.911. The monoisotopic (exact) mass is 284 g/mol. The SMILES string of the molecule is CCC1CN(c2c(F)cccc2Cl)C(C(C)C)CN1. The van der Waals surface area contributed by atoms with Crippen LogP contribution in [0.5, 0.6) is 0 Å². The number of hydrogen-bond donors (Lipinski definition) is 1. The number of para-hydroxylation sites is 1. The summed E-state index contributed by atoms with van der Waals surface area (Å²) < 4.78 is 14.2. The van der Waals surface area contributed by atoms with Crippen molar-refractivity contribution in [3.8, 4) is 0 Å². The van der Waals surface area contributed by atoms with E-state index in [1.165, 1.54) is 6.07 Å². The Morgan fingerprint density at radius 1 is 1.47 bits per heavy atom. The molecule has 1 N–H and O–H groups in total. The van der Waals surface area contributed by atoms with E-state index in [4.69, 9.17) is 11.6 Å². The summed E-state index contributed by atoms with van der Waals surface area (Å²) in [5.41, 5.74) is 0.558. The molecule has 1 heterocycles. The smallest absolute Gasteiger partial charge is 0.148 e. The van der Waals surface area contributed by atoms with Crippen LogP contribution < -0.4 is 10.2 Å². The molecule has 2 unspecified atom stereocenters. The number of hydrogen-bond acceptors (Lipinski definition) is 2. The molecule has 1 fully saturated rings. The Balaban J connectivity index is 2.36. The zero-order valence-electron chi connectivity index (χ0n) is 11.8. The highest BCUT2D eigenvalue weighted by molar-refractivity contribution is 6.33. The molecule has 0 saturated carbocycles. The van der Waals surface area contributed by atoms with Crippen molar-refractivity contribution in [1.29, 1.82) is 0 Å². The van der Waals surface area contributed by atoms with Crippen molar-refractivity contribution in [2.45, 2.75) is 39.3 Å². The first-order valence-corrected chi connectivity index (χ1v) is 7.36. The normalized spacial score (nSPS) is 24.0. The van der Waals surface area contributed by atoms with Gasteiger partial charge in [0.05, 0.1) is 10.7 Å². The molecule has 2 atom stereocenters. The third kappa shape index (κ3) is 3.03. The Morgan fingerprint density at radius 3 is 2.79 bits per heavy atom. The standard InChI is InChI=1S/C15H22ClFN2/c1-4-11-9-19(14(8-18-11)10(2)3)15-12(16)6-5-7-13(15)17/h5-7,10-11,14,18H,4,8-9H2,1-3H3. The van der Waals surface area contributed by atoms with Gasteiger partial charge in [0, 0.05) is 25.2 Å². The topological polar surface area (TPSA) is 15.3 Å². The molecule has 1 aromatic rings. The van der Waals surface area contributed by atoms with Gasteiger partial charge in [-0.1, -0.05) is 38.4 Å². The van der Waals surface area contributed by atoms with Gasteiger partial charge in [0.1, 0.15) is 5.82 Å². The van der Waals surface area contributed by atoms with Gasteiger partial charge in [0.15, 0.2) is 0 Å². The van der Waals surface area contributed by atoms with E-state index in [0.717, 1.165) is 19.5 Å². The lowest BCUT2D eigenvalue weighted by molar-refractivity contribution is 0.331. The number of halogens is 2. The van der Waals surface area contributed by atoms with Crippen molar-refractivity contribution in [2.24, 2.45) is 5.92 Å². The molecule has 1 aliphatic heterocycles. The van der Waals surface area contributed by atoms with Crippen molar-refractivity contribution in [3.05, 3.63) is 29.0 Å². The summed E-state index contributed by atoms with van der Waals surface area (Å²) in [4.78, 5) is 2.15. The highest BCUT2D eigenvalue weighted by Crippen LogP contribution is 2.33. The van der Waals surface area contributed by atoms with E-state index in [1.54, 1.807) is 12.1 Å². The van der Waals surface area contributed by atoms with Crippen molar-refractivity contribution in [3.63, 3.8) is 0 Å². The molecule has 1 aliphatic rings. The highest BCUT2D eigenvalue weighted by Gasteiger charge is 2.31. The lowest BCUT2D eigenvalue weighted by Crippen LogP contribution is -2.58. The highest BCUT2D eigenvalue weighted by atomic mass is 35.5. The maximum absolute atomic E-state index is 14.2. The van der Waals surface area contributed by atoms with Crippen molar-refractivity contribution >= 4 is 17.3 Å². The van der Waals surface area contributed by atoms with Crippen LogP contribution in [-0.4, -0.2) is 25.2 Å². The van der Waals surface area contributed by atoms with Crippen molar-refractivity contribution < 1.29 is 4.39 Å². The number of nitrogens with one attached hydrogen (secondary N) is 1. The summed E-state index contributed by atoms with van der Waals surface area (Å²) in [5.74, 6) is 0.218. The second kappa shape index (κ2) is 6.10. The van der Waals surface area contributed by atoms with E-state index in [9.17, 15) is 4.39 Å². The third-order valence-corrected chi connectivity index (χ3v) is 4.23. The van der Waals surface area contributed by atoms with Crippen LogP contribution in [0.4, 0.5) is 10.1 Å². The minimum Gasteiger partial charge on any atom is -0.362 e. The Hall–Kier alpha value is -0.800. The lowest BCUT2D eigenvalue weighted by Gasteiger charge is -2.44. The Morgan fingerprint density at radius 2 is 2.21 bits per heavy atom. The Labute approximate surface area is 119 Å². The summed E-state index contributed by atoms with van der Waals surface area (Å²) >= 11 is 6.22. The Kier molecular flexibility index (Phi) is 4.69. The molecule has 0 aliphatic carbocycles. The summed E-state index contributed by atoms with van der Waals surface area (Å²) in [6.45, 7) is 8.16. The molecule has 0 aromatic heterocycles. The number of piperazine rings is 1. The van der Waals surface area contributed by atoms with E-state index >= 15 is 0 Å². The lowest BCUT2D eigenvalue weighted by atomic mass is 9.96. The van der Waals surface area contributed by atoms with Crippen LogP contribution >= 0.6 is 11.6 Å². The van der Waals surface area contributed by atoms with Gasteiger partial charge in [0.25, 0.3) is 0 Å². The third-order valence-electron chi connectivity index (χ3n) is 3.92. The first kappa shape index (κ1) is 14.6. The number of benzene rings is 1. The summed E-state index contributed by atoms with van der Waals surface area (Å²) in [6.07, 6.45) is 1.04. The van der Waals surface area contributed by atoms with Gasteiger partial charge in [-0.3, -0.25) is 0 Å². The minimum absolute atomic E-state index is 0.227. The summed E-state index contributed by atoms with van der Waals surface area (Å²) in [7, 11) is 0. The van der Waals surface area contributed by atoms with Crippen LogP contribution in [0, 0.1) is 11.7 Å². The zero-order valence-corrected chi connectivity index (χ0v) is 12.5. The minimum atomic E-state index is -0.227. The van der Waals surface area contributed by atoms with Crippen LogP contribution in [0.3, 0.4) is 0 Å². The van der Waals surface area contributed by atoms with Crippen LogP contribution in [0.1, 0.15) is 27.2 Å². The fourth-order valence-corrected chi connectivity index (χ4v) is 3.00. The van der Waals surface area contributed by atoms with E-state index in [0.29, 0.717) is 22.7 Å². The molecule has 0 amide bonds. The molecule has 1 saturated heterocycles. The average molecular weight is 285 g/mol. The van der Waals surface area contributed by atoms with Crippen LogP contribution in [-0.2, 0) is 0 Å². The predicted octanol–water partition coefficient (Wildman–Crippen LogP) is 3.69. The van der Waals surface area contributed by atoms with Gasteiger partial charge in [-0.15, -0.1) is 0 Å². The first-order chi connectivity index (χ1) is 9.04. The van der Waals surface area contributed by atoms with Gasteiger partial charge >= 0.3 is 0 Å². The van der Waals surface area contributed by atoms with Gasteiger partial charge in [-0.05, 0) is 24.5 Å². The average Bonchev–Trinajstić information content (AvgIpc) is 2.38. The molecule has 4 heteroatoms. The molecule has 1 aromatic carbocycles. The fourth-order valence-electron chi connectivity index (χ4n) is 2.72. The zero-order chi connectivity index (χ0) is 14.0. The van der Waals surface area contributed by atoms with Gasteiger partial charge < -0.3 is 10.2 Å². The maximum atomic E-state index is 14.2. The van der Waals surface area contributed by atoms with Gasteiger partial charge in [0.2, 0.25) is 0 Å². The maximum Gasteiger partial charge on any atom is 0.148 e. The molecule has 106 valence electrons. The second-order valence-corrected chi connectivity index (χ2v) is 5.95. The molecule has 19 heavy (non-hydrogen) atoms. The Bertz CT molecular complexity index is 416. The van der Waals surface area contributed by atoms with Gasteiger partial charge in [-0.25, -0.2) is 4.39 Å². The number of nitrogens with zero attached hydrogens (tertiary/aromatic N) is 1. The molecule has 0 bridgehead atoms.